The second-order valence-corrected chi connectivity index (χ2v) is 8.73. The van der Waals surface area contributed by atoms with Crippen molar-refractivity contribution >= 4 is 40.4 Å². The fraction of sp³-hybridized carbons (Fsp3) is 0.333. The molecule has 0 bridgehead atoms. The van der Waals surface area contributed by atoms with Crippen molar-refractivity contribution in [1.29, 1.82) is 0 Å². The van der Waals surface area contributed by atoms with Crippen LogP contribution >= 0.6 is 11.6 Å². The monoisotopic (exact) mass is 449 g/mol. The number of halogens is 1. The Balaban J connectivity index is 1.28. The molecule has 1 aromatic heterocycles. The molecular formula is C24H28ClN7. The van der Waals surface area contributed by atoms with E-state index < -0.39 is 0 Å². The summed E-state index contributed by atoms with van der Waals surface area (Å²) in [5, 5.41) is 14.3. The Kier molecular flexibility index (Phi) is 6.12. The number of nitrogens with zero attached hydrogens (tertiary/aromatic N) is 3. The van der Waals surface area contributed by atoms with Gasteiger partial charge >= 0.3 is 0 Å². The molecule has 3 aromatic rings. The van der Waals surface area contributed by atoms with Gasteiger partial charge < -0.3 is 21.3 Å². The van der Waals surface area contributed by atoms with Gasteiger partial charge in [-0.3, -0.25) is 4.90 Å². The summed E-state index contributed by atoms with van der Waals surface area (Å²) in [5.41, 5.74) is 6.51. The third kappa shape index (κ3) is 4.65. The summed E-state index contributed by atoms with van der Waals surface area (Å²) in [6, 6.07) is 12.4. The third-order valence-electron chi connectivity index (χ3n) is 5.99. The Bertz CT molecular complexity index is 1090. The van der Waals surface area contributed by atoms with Gasteiger partial charge in [0, 0.05) is 68.0 Å². The Morgan fingerprint density at radius 1 is 1.03 bits per heavy atom. The van der Waals surface area contributed by atoms with Crippen molar-refractivity contribution in [3.8, 4) is 0 Å². The minimum Gasteiger partial charge on any atom is -0.383 e. The molecule has 166 valence electrons. The molecule has 8 heteroatoms. The predicted octanol–water partition coefficient (Wildman–Crippen LogP) is 4.30. The maximum atomic E-state index is 6.33. The molecule has 0 atom stereocenters. The molecular weight excluding hydrogens is 422 g/mol. The average Bonchev–Trinajstić information content (AvgIpc) is 3.31. The molecule has 0 radical (unpaired) electrons. The van der Waals surface area contributed by atoms with Crippen LogP contribution in [0.5, 0.6) is 0 Å². The number of nitrogens with one attached hydrogen (secondary N) is 4. The van der Waals surface area contributed by atoms with E-state index >= 15 is 0 Å². The van der Waals surface area contributed by atoms with Crippen LogP contribution in [0.15, 0.2) is 42.6 Å². The van der Waals surface area contributed by atoms with Gasteiger partial charge in [0.25, 0.3) is 0 Å². The van der Waals surface area contributed by atoms with E-state index in [-0.39, 0.29) is 0 Å². The van der Waals surface area contributed by atoms with Crippen LogP contribution in [0.2, 0.25) is 5.02 Å². The molecule has 7 nitrogen and oxygen atoms in total. The first kappa shape index (κ1) is 21.0. The minimum absolute atomic E-state index is 0.566. The topological polar surface area (TPSA) is 77.1 Å². The molecule has 0 unspecified atom stereocenters. The molecule has 4 N–H and O–H groups in total. The zero-order chi connectivity index (χ0) is 21.9. The van der Waals surface area contributed by atoms with Gasteiger partial charge in [-0.25, -0.2) is 4.98 Å². The highest BCUT2D eigenvalue weighted by Gasteiger charge is 2.18. The molecule has 2 aromatic carbocycles. The summed E-state index contributed by atoms with van der Waals surface area (Å²) in [6.07, 6.45) is 2.78. The van der Waals surface area contributed by atoms with Crippen LogP contribution in [0.4, 0.5) is 28.8 Å². The van der Waals surface area contributed by atoms with E-state index in [1.165, 1.54) is 11.1 Å². The number of hydrogen-bond donors (Lipinski definition) is 4. The second-order valence-electron chi connectivity index (χ2n) is 8.32. The Hall–Kier alpha value is -2.87. The van der Waals surface area contributed by atoms with Gasteiger partial charge in [0.2, 0.25) is 5.95 Å². The molecule has 1 saturated heterocycles. The molecule has 0 spiro atoms. The Labute approximate surface area is 193 Å². The van der Waals surface area contributed by atoms with Crippen molar-refractivity contribution in [3.63, 3.8) is 0 Å². The summed E-state index contributed by atoms with van der Waals surface area (Å²) >= 11 is 6.33. The highest BCUT2D eigenvalue weighted by Crippen LogP contribution is 2.37. The van der Waals surface area contributed by atoms with E-state index in [1.807, 2.05) is 25.3 Å². The second kappa shape index (κ2) is 9.32. The van der Waals surface area contributed by atoms with Crippen LogP contribution < -0.4 is 21.3 Å². The van der Waals surface area contributed by atoms with Crippen molar-refractivity contribution in [1.82, 2.24) is 20.2 Å². The quantitative estimate of drug-likeness (QED) is 0.447. The van der Waals surface area contributed by atoms with Gasteiger partial charge in [0.05, 0.1) is 10.7 Å². The van der Waals surface area contributed by atoms with Crippen LogP contribution in [-0.4, -0.2) is 47.6 Å². The van der Waals surface area contributed by atoms with Gasteiger partial charge in [0.15, 0.2) is 0 Å². The van der Waals surface area contributed by atoms with E-state index in [1.54, 1.807) is 0 Å². The molecule has 5 rings (SSSR count). The summed E-state index contributed by atoms with van der Waals surface area (Å²) in [7, 11) is 0. The number of aromatic nitrogens is 2. The fourth-order valence-corrected chi connectivity index (χ4v) is 4.45. The molecule has 32 heavy (non-hydrogen) atoms. The van der Waals surface area contributed by atoms with E-state index in [9.17, 15) is 0 Å². The molecule has 3 heterocycles. The van der Waals surface area contributed by atoms with Gasteiger partial charge in [-0.05, 0) is 43.2 Å². The fourth-order valence-electron chi connectivity index (χ4n) is 4.21. The Morgan fingerprint density at radius 3 is 2.66 bits per heavy atom. The lowest BCUT2D eigenvalue weighted by Crippen LogP contribution is -2.42. The zero-order valence-corrected chi connectivity index (χ0v) is 19.0. The molecule has 0 aliphatic carbocycles. The van der Waals surface area contributed by atoms with Crippen molar-refractivity contribution in [2.24, 2.45) is 0 Å². The zero-order valence-electron chi connectivity index (χ0n) is 18.2. The average molecular weight is 450 g/mol. The van der Waals surface area contributed by atoms with Gasteiger partial charge in [-0.2, -0.15) is 4.98 Å². The highest BCUT2D eigenvalue weighted by atomic mass is 35.5. The molecule has 0 amide bonds. The lowest BCUT2D eigenvalue weighted by molar-refractivity contribution is 0.233. The van der Waals surface area contributed by atoms with Crippen LogP contribution in [0.3, 0.4) is 0 Å². The summed E-state index contributed by atoms with van der Waals surface area (Å²) in [4.78, 5) is 11.7. The van der Waals surface area contributed by atoms with E-state index in [4.69, 9.17) is 16.6 Å². The van der Waals surface area contributed by atoms with Gasteiger partial charge in [-0.1, -0.05) is 23.7 Å². The molecule has 1 fully saturated rings. The van der Waals surface area contributed by atoms with Crippen LogP contribution in [0, 0.1) is 6.92 Å². The largest absolute Gasteiger partial charge is 0.383 e. The highest BCUT2D eigenvalue weighted by molar-refractivity contribution is 6.33. The minimum atomic E-state index is 0.566. The normalized spacial score (nSPS) is 15.8. The number of benzene rings is 2. The summed E-state index contributed by atoms with van der Waals surface area (Å²) in [6.45, 7) is 8.21. The van der Waals surface area contributed by atoms with Crippen molar-refractivity contribution in [2.75, 3.05) is 48.7 Å². The van der Waals surface area contributed by atoms with Gasteiger partial charge in [-0.15, -0.1) is 0 Å². The molecule has 2 aliphatic heterocycles. The van der Waals surface area contributed by atoms with Crippen molar-refractivity contribution in [3.05, 3.63) is 64.3 Å². The number of rotatable bonds is 6. The van der Waals surface area contributed by atoms with Crippen LogP contribution in [0.1, 0.15) is 16.7 Å². The first-order chi connectivity index (χ1) is 15.7. The summed E-state index contributed by atoms with van der Waals surface area (Å²) < 4.78 is 0. The number of fused-ring (bicyclic) bond motifs is 1. The number of hydrogen-bond acceptors (Lipinski definition) is 7. The lowest BCUT2D eigenvalue weighted by atomic mass is 10.1. The van der Waals surface area contributed by atoms with Crippen LogP contribution in [0.25, 0.3) is 0 Å². The molecule has 2 aliphatic rings. The van der Waals surface area contributed by atoms with E-state index in [0.29, 0.717) is 5.95 Å². The Morgan fingerprint density at radius 2 is 1.84 bits per heavy atom. The maximum Gasteiger partial charge on any atom is 0.229 e. The van der Waals surface area contributed by atoms with Crippen LogP contribution in [-0.2, 0) is 13.0 Å². The van der Waals surface area contributed by atoms with Crippen molar-refractivity contribution in [2.45, 2.75) is 19.9 Å². The number of piperazine rings is 1. The standard InChI is InChI=1S/C24H28ClN7/c1-16-14-28-24(29-18-4-2-17(3-5-18)15-32-12-10-26-11-13-32)31-23(16)30-21-7-6-20(25)22-19(21)8-9-27-22/h2-7,14,26-27H,8-13,15H2,1H3,(H2,28,29,30,31). The predicted molar refractivity (Wildman–Crippen MR) is 132 cm³/mol. The first-order valence-corrected chi connectivity index (χ1v) is 11.5. The lowest BCUT2D eigenvalue weighted by Gasteiger charge is -2.27. The first-order valence-electron chi connectivity index (χ1n) is 11.1. The number of anilines is 5. The smallest absolute Gasteiger partial charge is 0.229 e. The third-order valence-corrected chi connectivity index (χ3v) is 6.30. The van der Waals surface area contributed by atoms with Gasteiger partial charge in [0.1, 0.15) is 5.82 Å². The SMILES string of the molecule is Cc1cnc(Nc2ccc(CN3CCNCC3)cc2)nc1Nc1ccc(Cl)c2c1CCN2. The molecule has 0 saturated carbocycles. The number of aryl methyl sites for hydroxylation is 1. The van der Waals surface area contributed by atoms with Crippen molar-refractivity contribution < 1.29 is 0 Å². The van der Waals surface area contributed by atoms with E-state index in [0.717, 1.165) is 79.2 Å². The summed E-state index contributed by atoms with van der Waals surface area (Å²) in [5.74, 6) is 1.35. The van der Waals surface area contributed by atoms with E-state index in [2.05, 4.69) is 55.4 Å². The maximum absolute atomic E-state index is 6.33.